The highest BCUT2D eigenvalue weighted by molar-refractivity contribution is 5.52. The van der Waals surface area contributed by atoms with Crippen LogP contribution in [0.2, 0.25) is 0 Å². The second-order valence-corrected chi connectivity index (χ2v) is 4.89. The van der Waals surface area contributed by atoms with Crippen molar-refractivity contribution in [3.8, 4) is 5.75 Å². The first-order chi connectivity index (χ1) is 9.69. The van der Waals surface area contributed by atoms with Crippen molar-refractivity contribution >= 4 is 5.69 Å². The van der Waals surface area contributed by atoms with Gasteiger partial charge in [0.05, 0.1) is 18.8 Å². The van der Waals surface area contributed by atoms with E-state index >= 15 is 0 Å². The van der Waals surface area contributed by atoms with E-state index in [1.165, 1.54) is 19.2 Å². The SMILES string of the molecule is COc1ccc(F)c(NC2CCc3c(F)cccc32)c1. The largest absolute Gasteiger partial charge is 0.497 e. The van der Waals surface area contributed by atoms with E-state index in [1.54, 1.807) is 18.2 Å². The van der Waals surface area contributed by atoms with Gasteiger partial charge in [-0.3, -0.25) is 0 Å². The van der Waals surface area contributed by atoms with Crippen LogP contribution in [-0.4, -0.2) is 7.11 Å². The third kappa shape index (κ3) is 2.22. The quantitative estimate of drug-likeness (QED) is 0.911. The molecule has 0 radical (unpaired) electrons. The van der Waals surface area contributed by atoms with Gasteiger partial charge in [-0.2, -0.15) is 0 Å². The first kappa shape index (κ1) is 12.9. The minimum Gasteiger partial charge on any atom is -0.497 e. The van der Waals surface area contributed by atoms with E-state index in [2.05, 4.69) is 5.32 Å². The zero-order valence-electron chi connectivity index (χ0n) is 11.1. The Morgan fingerprint density at radius 3 is 2.80 bits per heavy atom. The van der Waals surface area contributed by atoms with E-state index < -0.39 is 0 Å². The molecule has 0 saturated heterocycles. The van der Waals surface area contributed by atoms with Gasteiger partial charge in [-0.15, -0.1) is 0 Å². The zero-order chi connectivity index (χ0) is 14.1. The van der Waals surface area contributed by atoms with E-state index in [-0.39, 0.29) is 17.7 Å². The monoisotopic (exact) mass is 275 g/mol. The van der Waals surface area contributed by atoms with Gasteiger partial charge < -0.3 is 10.1 Å². The Kier molecular flexibility index (Phi) is 3.30. The Hall–Kier alpha value is -2.10. The number of hydrogen-bond donors (Lipinski definition) is 1. The van der Waals surface area contributed by atoms with Crippen molar-refractivity contribution in [2.24, 2.45) is 0 Å². The number of hydrogen-bond acceptors (Lipinski definition) is 2. The van der Waals surface area contributed by atoms with Gasteiger partial charge in [-0.1, -0.05) is 12.1 Å². The van der Waals surface area contributed by atoms with Gasteiger partial charge >= 0.3 is 0 Å². The molecule has 2 aromatic carbocycles. The predicted octanol–water partition coefficient (Wildman–Crippen LogP) is 4.07. The topological polar surface area (TPSA) is 21.3 Å². The lowest BCUT2D eigenvalue weighted by Gasteiger charge is -2.17. The third-order valence-electron chi connectivity index (χ3n) is 3.72. The molecule has 2 nitrogen and oxygen atoms in total. The molecule has 0 bridgehead atoms. The fourth-order valence-electron chi connectivity index (χ4n) is 2.69. The molecule has 0 saturated carbocycles. The Balaban J connectivity index is 1.89. The maximum Gasteiger partial charge on any atom is 0.146 e. The second kappa shape index (κ2) is 5.12. The number of fused-ring (bicyclic) bond motifs is 1. The molecule has 1 aliphatic rings. The lowest BCUT2D eigenvalue weighted by atomic mass is 10.1. The van der Waals surface area contributed by atoms with Gasteiger partial charge in [-0.05, 0) is 42.2 Å². The van der Waals surface area contributed by atoms with Crippen LogP contribution in [0.5, 0.6) is 5.75 Å². The van der Waals surface area contributed by atoms with Gasteiger partial charge in [0, 0.05) is 6.07 Å². The van der Waals surface area contributed by atoms with Gasteiger partial charge in [0.2, 0.25) is 0 Å². The Morgan fingerprint density at radius 2 is 2.00 bits per heavy atom. The third-order valence-corrected chi connectivity index (χ3v) is 3.72. The second-order valence-electron chi connectivity index (χ2n) is 4.89. The molecule has 3 rings (SSSR count). The Bertz CT molecular complexity index is 642. The van der Waals surface area contributed by atoms with E-state index in [0.29, 0.717) is 17.9 Å². The van der Waals surface area contributed by atoms with Crippen molar-refractivity contribution in [3.63, 3.8) is 0 Å². The summed E-state index contributed by atoms with van der Waals surface area (Å²) in [7, 11) is 1.54. The fourth-order valence-corrected chi connectivity index (χ4v) is 2.69. The normalized spacial score (nSPS) is 16.9. The molecule has 1 unspecified atom stereocenters. The summed E-state index contributed by atoms with van der Waals surface area (Å²) in [6, 6.07) is 9.53. The van der Waals surface area contributed by atoms with E-state index in [9.17, 15) is 8.78 Å². The van der Waals surface area contributed by atoms with Crippen LogP contribution in [0.25, 0.3) is 0 Å². The van der Waals surface area contributed by atoms with Gasteiger partial charge in [0.25, 0.3) is 0 Å². The number of halogens is 2. The molecular formula is C16H15F2NO. The predicted molar refractivity (Wildman–Crippen MR) is 74.0 cm³/mol. The summed E-state index contributed by atoms with van der Waals surface area (Å²) in [5.41, 5.74) is 2.02. The number of anilines is 1. The summed E-state index contributed by atoms with van der Waals surface area (Å²) < 4.78 is 32.6. The highest BCUT2D eigenvalue weighted by Gasteiger charge is 2.25. The summed E-state index contributed by atoms with van der Waals surface area (Å²) in [6.45, 7) is 0. The number of rotatable bonds is 3. The average molecular weight is 275 g/mol. The molecule has 20 heavy (non-hydrogen) atoms. The molecule has 2 aromatic rings. The van der Waals surface area contributed by atoms with Crippen molar-refractivity contribution in [2.45, 2.75) is 18.9 Å². The molecule has 4 heteroatoms. The highest BCUT2D eigenvalue weighted by Crippen LogP contribution is 2.36. The summed E-state index contributed by atoms with van der Waals surface area (Å²) in [6.07, 6.45) is 1.43. The Labute approximate surface area is 116 Å². The molecular weight excluding hydrogens is 260 g/mol. The Morgan fingerprint density at radius 1 is 1.15 bits per heavy atom. The standard InChI is InChI=1S/C16H15F2NO/c1-20-10-5-7-14(18)16(9-10)19-15-8-6-11-12(15)3-2-4-13(11)17/h2-5,7,9,15,19H,6,8H2,1H3. The van der Waals surface area contributed by atoms with Gasteiger partial charge in [0.1, 0.15) is 17.4 Å². The lowest BCUT2D eigenvalue weighted by molar-refractivity contribution is 0.414. The number of nitrogens with one attached hydrogen (secondary N) is 1. The molecule has 0 amide bonds. The minimum atomic E-state index is -0.337. The van der Waals surface area contributed by atoms with Crippen LogP contribution in [0.4, 0.5) is 14.5 Å². The zero-order valence-corrected chi connectivity index (χ0v) is 11.1. The van der Waals surface area contributed by atoms with Crippen LogP contribution in [0.15, 0.2) is 36.4 Å². The van der Waals surface area contributed by atoms with Crippen LogP contribution < -0.4 is 10.1 Å². The summed E-state index contributed by atoms with van der Waals surface area (Å²) in [5, 5.41) is 3.15. The van der Waals surface area contributed by atoms with Crippen molar-refractivity contribution < 1.29 is 13.5 Å². The fraction of sp³-hybridized carbons (Fsp3) is 0.250. The van der Waals surface area contributed by atoms with Gasteiger partial charge in [-0.25, -0.2) is 8.78 Å². The highest BCUT2D eigenvalue weighted by atomic mass is 19.1. The van der Waals surface area contributed by atoms with E-state index in [4.69, 9.17) is 4.74 Å². The number of benzene rings is 2. The van der Waals surface area contributed by atoms with Crippen molar-refractivity contribution in [1.82, 2.24) is 0 Å². The van der Waals surface area contributed by atoms with E-state index in [1.807, 2.05) is 6.07 Å². The maximum absolute atomic E-state index is 13.8. The first-order valence-corrected chi connectivity index (χ1v) is 6.56. The van der Waals surface area contributed by atoms with Crippen LogP contribution in [0.3, 0.4) is 0 Å². The summed E-state index contributed by atoms with van der Waals surface area (Å²) in [5.74, 6) is 0.0694. The molecule has 104 valence electrons. The minimum absolute atomic E-state index is 0.0673. The molecule has 0 aromatic heterocycles. The van der Waals surface area contributed by atoms with Crippen LogP contribution in [0, 0.1) is 11.6 Å². The van der Waals surface area contributed by atoms with Crippen molar-refractivity contribution in [2.75, 3.05) is 12.4 Å². The molecule has 0 heterocycles. The molecule has 0 spiro atoms. The van der Waals surface area contributed by atoms with Gasteiger partial charge in [0.15, 0.2) is 0 Å². The summed E-state index contributed by atoms with van der Waals surface area (Å²) in [4.78, 5) is 0. The van der Waals surface area contributed by atoms with Crippen molar-refractivity contribution in [1.29, 1.82) is 0 Å². The van der Waals surface area contributed by atoms with Crippen LogP contribution in [-0.2, 0) is 6.42 Å². The average Bonchev–Trinajstić information content (AvgIpc) is 2.86. The van der Waals surface area contributed by atoms with Crippen LogP contribution in [0.1, 0.15) is 23.6 Å². The molecule has 0 aliphatic heterocycles. The maximum atomic E-state index is 13.8. The smallest absolute Gasteiger partial charge is 0.146 e. The van der Waals surface area contributed by atoms with E-state index in [0.717, 1.165) is 17.5 Å². The first-order valence-electron chi connectivity index (χ1n) is 6.56. The molecule has 1 atom stereocenters. The molecule has 0 fully saturated rings. The lowest BCUT2D eigenvalue weighted by Crippen LogP contribution is -2.08. The molecule has 1 aliphatic carbocycles. The number of ether oxygens (including phenoxy) is 1. The number of methoxy groups -OCH3 is 1. The summed E-state index contributed by atoms with van der Waals surface area (Å²) >= 11 is 0. The van der Waals surface area contributed by atoms with Crippen LogP contribution >= 0.6 is 0 Å². The van der Waals surface area contributed by atoms with Crippen molar-refractivity contribution in [3.05, 3.63) is 59.2 Å². The molecule has 1 N–H and O–H groups in total.